The lowest BCUT2D eigenvalue weighted by atomic mass is 10.1. The van der Waals surface area contributed by atoms with Gasteiger partial charge in [0, 0.05) is 5.39 Å². The predicted octanol–water partition coefficient (Wildman–Crippen LogP) is 3.73. The standard InChI is InChI=1S/C16H19O4P/c1-13(12-17)6-5-11-21(18,19)20-16-10-4-8-14-7-2-3-9-15(14)16/h2-4,6-10,17H,5,11-12H2,1H3,(H,18,19)/b13-6+. The summed E-state index contributed by atoms with van der Waals surface area (Å²) in [4.78, 5) is 9.95. The van der Waals surface area contributed by atoms with Crippen LogP contribution in [0.1, 0.15) is 13.3 Å². The van der Waals surface area contributed by atoms with Crippen LogP contribution in [0, 0.1) is 0 Å². The van der Waals surface area contributed by atoms with E-state index >= 15 is 0 Å². The average Bonchev–Trinajstić information content (AvgIpc) is 2.47. The van der Waals surface area contributed by atoms with E-state index in [1.807, 2.05) is 30.3 Å². The fourth-order valence-corrected chi connectivity index (χ4v) is 3.03. The van der Waals surface area contributed by atoms with Crippen molar-refractivity contribution in [3.8, 4) is 5.75 Å². The Morgan fingerprint density at radius 2 is 1.95 bits per heavy atom. The summed E-state index contributed by atoms with van der Waals surface area (Å²) in [7, 11) is -3.71. The molecule has 0 saturated carbocycles. The molecule has 5 heteroatoms. The molecule has 2 rings (SSSR count). The summed E-state index contributed by atoms with van der Waals surface area (Å²) in [5.74, 6) is 0.418. The molecule has 21 heavy (non-hydrogen) atoms. The first-order valence-electron chi connectivity index (χ1n) is 6.77. The minimum Gasteiger partial charge on any atom is -0.424 e. The number of rotatable bonds is 6. The number of benzene rings is 2. The van der Waals surface area contributed by atoms with Gasteiger partial charge >= 0.3 is 7.60 Å². The zero-order valence-electron chi connectivity index (χ0n) is 11.9. The Morgan fingerprint density at radius 1 is 1.24 bits per heavy atom. The first-order valence-corrected chi connectivity index (χ1v) is 8.54. The van der Waals surface area contributed by atoms with Gasteiger partial charge in [-0.3, -0.25) is 0 Å². The Bertz CT molecular complexity index is 688. The maximum absolute atomic E-state index is 12.1. The molecule has 1 atom stereocenters. The number of aliphatic hydroxyl groups is 1. The lowest BCUT2D eigenvalue weighted by Crippen LogP contribution is -1.98. The Morgan fingerprint density at radius 3 is 2.71 bits per heavy atom. The van der Waals surface area contributed by atoms with Gasteiger partial charge in [-0.25, -0.2) is 4.57 Å². The molecule has 0 aliphatic carbocycles. The second kappa shape index (κ2) is 6.90. The van der Waals surface area contributed by atoms with Gasteiger partial charge in [0.1, 0.15) is 5.75 Å². The van der Waals surface area contributed by atoms with Crippen molar-refractivity contribution in [2.75, 3.05) is 12.8 Å². The van der Waals surface area contributed by atoms with Crippen molar-refractivity contribution in [3.05, 3.63) is 54.1 Å². The van der Waals surface area contributed by atoms with Gasteiger partial charge in [-0.15, -0.1) is 0 Å². The van der Waals surface area contributed by atoms with Gasteiger partial charge in [0.05, 0.1) is 12.8 Å². The van der Waals surface area contributed by atoms with E-state index in [2.05, 4.69) is 0 Å². The number of hydrogen-bond acceptors (Lipinski definition) is 3. The molecule has 112 valence electrons. The van der Waals surface area contributed by atoms with Gasteiger partial charge in [-0.1, -0.05) is 48.0 Å². The van der Waals surface area contributed by atoms with E-state index in [0.29, 0.717) is 12.2 Å². The van der Waals surface area contributed by atoms with Crippen LogP contribution in [0.2, 0.25) is 0 Å². The molecular formula is C16H19O4P. The molecule has 2 N–H and O–H groups in total. The maximum Gasteiger partial charge on any atom is 0.376 e. The van der Waals surface area contributed by atoms with Crippen LogP contribution < -0.4 is 4.52 Å². The fourth-order valence-electron chi connectivity index (χ4n) is 2.01. The molecule has 0 aromatic heterocycles. The largest absolute Gasteiger partial charge is 0.424 e. The molecule has 0 saturated heterocycles. The van der Waals surface area contributed by atoms with Gasteiger partial charge in [-0.2, -0.15) is 0 Å². The predicted molar refractivity (Wildman–Crippen MR) is 84.7 cm³/mol. The molecule has 0 spiro atoms. The third-order valence-corrected chi connectivity index (χ3v) is 4.45. The Kier molecular flexibility index (Phi) is 5.18. The zero-order chi connectivity index (χ0) is 15.3. The van der Waals surface area contributed by atoms with Crippen LogP contribution in [0.5, 0.6) is 5.75 Å². The van der Waals surface area contributed by atoms with Crippen molar-refractivity contribution in [1.82, 2.24) is 0 Å². The molecule has 2 aromatic rings. The third-order valence-electron chi connectivity index (χ3n) is 3.14. The van der Waals surface area contributed by atoms with E-state index in [4.69, 9.17) is 9.63 Å². The van der Waals surface area contributed by atoms with E-state index in [1.54, 1.807) is 25.1 Å². The van der Waals surface area contributed by atoms with Crippen molar-refractivity contribution >= 4 is 18.4 Å². The zero-order valence-corrected chi connectivity index (χ0v) is 12.8. The summed E-state index contributed by atoms with van der Waals surface area (Å²) >= 11 is 0. The van der Waals surface area contributed by atoms with Crippen LogP contribution in [0.25, 0.3) is 10.8 Å². The molecule has 0 aliphatic rings. The molecule has 0 radical (unpaired) electrons. The summed E-state index contributed by atoms with van der Waals surface area (Å²) in [6, 6.07) is 13.0. The molecule has 2 aromatic carbocycles. The summed E-state index contributed by atoms with van der Waals surface area (Å²) < 4.78 is 17.5. The van der Waals surface area contributed by atoms with Gasteiger partial charge in [-0.05, 0) is 24.8 Å². The Labute approximate surface area is 124 Å². The Hall–Kier alpha value is -1.61. The van der Waals surface area contributed by atoms with E-state index in [1.165, 1.54) is 0 Å². The number of allylic oxidation sites excluding steroid dienone is 1. The highest BCUT2D eigenvalue weighted by molar-refractivity contribution is 7.53. The fraction of sp³-hybridized carbons (Fsp3) is 0.250. The molecule has 0 bridgehead atoms. The summed E-state index contributed by atoms with van der Waals surface area (Å²) in [6.07, 6.45) is 2.16. The minimum atomic E-state index is -3.71. The second-order valence-corrected chi connectivity index (χ2v) is 6.83. The van der Waals surface area contributed by atoms with Gasteiger partial charge < -0.3 is 14.5 Å². The van der Waals surface area contributed by atoms with Crippen molar-refractivity contribution in [1.29, 1.82) is 0 Å². The Balaban J connectivity index is 2.13. The molecule has 0 amide bonds. The SMILES string of the molecule is C/C(=C\CCP(=O)(O)Oc1cccc2ccccc12)CO. The quantitative estimate of drug-likeness (QED) is 0.630. The molecular weight excluding hydrogens is 287 g/mol. The molecule has 0 aliphatic heterocycles. The molecule has 4 nitrogen and oxygen atoms in total. The van der Waals surface area contributed by atoms with Crippen LogP contribution in [0.4, 0.5) is 0 Å². The number of hydrogen-bond donors (Lipinski definition) is 2. The summed E-state index contributed by atoms with van der Waals surface area (Å²) in [5, 5.41) is 10.7. The van der Waals surface area contributed by atoms with E-state index in [-0.39, 0.29) is 12.8 Å². The first-order chi connectivity index (χ1) is 10.0. The normalized spacial score (nSPS) is 14.9. The third kappa shape index (κ3) is 4.43. The highest BCUT2D eigenvalue weighted by Gasteiger charge is 2.20. The second-order valence-electron chi connectivity index (χ2n) is 4.93. The first kappa shape index (κ1) is 15.8. The highest BCUT2D eigenvalue weighted by atomic mass is 31.2. The van der Waals surface area contributed by atoms with E-state index in [9.17, 15) is 9.46 Å². The smallest absolute Gasteiger partial charge is 0.376 e. The topological polar surface area (TPSA) is 66.8 Å². The number of aliphatic hydroxyl groups excluding tert-OH is 1. The summed E-state index contributed by atoms with van der Waals surface area (Å²) in [6.45, 7) is 1.73. The lowest BCUT2D eigenvalue weighted by molar-refractivity contribution is 0.331. The van der Waals surface area contributed by atoms with Crippen molar-refractivity contribution in [2.24, 2.45) is 0 Å². The van der Waals surface area contributed by atoms with E-state index in [0.717, 1.165) is 16.3 Å². The van der Waals surface area contributed by atoms with Crippen LogP contribution in [-0.2, 0) is 4.57 Å². The number of fused-ring (bicyclic) bond motifs is 1. The van der Waals surface area contributed by atoms with Crippen molar-refractivity contribution in [3.63, 3.8) is 0 Å². The lowest BCUT2D eigenvalue weighted by Gasteiger charge is -2.14. The average molecular weight is 306 g/mol. The molecule has 0 fully saturated rings. The van der Waals surface area contributed by atoms with Gasteiger partial charge in [0.15, 0.2) is 0 Å². The minimum absolute atomic E-state index is 0.0214. The van der Waals surface area contributed by atoms with Crippen molar-refractivity contribution < 1.29 is 19.1 Å². The van der Waals surface area contributed by atoms with E-state index < -0.39 is 7.60 Å². The maximum atomic E-state index is 12.1. The van der Waals surface area contributed by atoms with Crippen LogP contribution >= 0.6 is 7.60 Å². The molecule has 0 heterocycles. The molecule has 1 unspecified atom stereocenters. The monoisotopic (exact) mass is 306 g/mol. The van der Waals surface area contributed by atoms with Crippen molar-refractivity contribution in [2.45, 2.75) is 13.3 Å². The van der Waals surface area contributed by atoms with Gasteiger partial charge in [0.2, 0.25) is 0 Å². The van der Waals surface area contributed by atoms with Crippen LogP contribution in [0.15, 0.2) is 54.1 Å². The highest BCUT2D eigenvalue weighted by Crippen LogP contribution is 2.45. The summed E-state index contributed by atoms with van der Waals surface area (Å²) in [5.41, 5.74) is 0.778. The van der Waals surface area contributed by atoms with Gasteiger partial charge in [0.25, 0.3) is 0 Å². The van der Waals surface area contributed by atoms with Crippen LogP contribution in [-0.4, -0.2) is 22.8 Å². The van der Waals surface area contributed by atoms with Crippen LogP contribution in [0.3, 0.4) is 0 Å².